The lowest BCUT2D eigenvalue weighted by Gasteiger charge is -2.09. The Kier molecular flexibility index (Phi) is 4.92. The first-order valence-electron chi connectivity index (χ1n) is 6.29. The van der Waals surface area contributed by atoms with Crippen LogP contribution in [0.4, 0.5) is 0 Å². The van der Waals surface area contributed by atoms with Crippen molar-refractivity contribution in [3.63, 3.8) is 0 Å². The quantitative estimate of drug-likeness (QED) is 0.806. The number of halogens is 1. The molecule has 100 valence electrons. The summed E-state index contributed by atoms with van der Waals surface area (Å²) in [6, 6.07) is 14.6. The Morgan fingerprint density at radius 1 is 1.21 bits per heavy atom. The largest absolute Gasteiger partial charge is 0.324 e. The molecule has 1 atom stereocenters. The van der Waals surface area contributed by atoms with Crippen LogP contribution in [0.3, 0.4) is 0 Å². The number of aryl methyl sites for hydroxylation is 1. The summed E-state index contributed by atoms with van der Waals surface area (Å²) in [6.07, 6.45) is 0. The van der Waals surface area contributed by atoms with Crippen LogP contribution in [-0.2, 0) is 5.75 Å². The van der Waals surface area contributed by atoms with Gasteiger partial charge in [-0.25, -0.2) is 0 Å². The molecular weight excluding hydrogens is 274 g/mol. The number of hydrogen-bond acceptors (Lipinski definition) is 2. The van der Waals surface area contributed by atoms with Crippen molar-refractivity contribution >= 4 is 23.4 Å². The standard InChI is InChI=1S/C16H18ClNS/c1-11-4-3-5-13(8-11)10-19-16-7-6-14(12(2)18)9-15(16)17/h3-9,12H,10,18H2,1-2H3/t12-/m0/s1. The van der Waals surface area contributed by atoms with E-state index in [1.165, 1.54) is 11.1 Å². The Morgan fingerprint density at radius 3 is 2.63 bits per heavy atom. The van der Waals surface area contributed by atoms with Gasteiger partial charge in [0.1, 0.15) is 0 Å². The normalized spacial score (nSPS) is 12.4. The topological polar surface area (TPSA) is 26.0 Å². The number of hydrogen-bond donors (Lipinski definition) is 1. The van der Waals surface area contributed by atoms with Crippen LogP contribution in [0.1, 0.15) is 29.7 Å². The van der Waals surface area contributed by atoms with Gasteiger partial charge in [0.05, 0.1) is 5.02 Å². The molecule has 2 N–H and O–H groups in total. The van der Waals surface area contributed by atoms with E-state index in [0.29, 0.717) is 0 Å². The smallest absolute Gasteiger partial charge is 0.0545 e. The van der Waals surface area contributed by atoms with Crippen LogP contribution >= 0.6 is 23.4 Å². The van der Waals surface area contributed by atoms with Gasteiger partial charge in [0.15, 0.2) is 0 Å². The van der Waals surface area contributed by atoms with E-state index in [9.17, 15) is 0 Å². The highest BCUT2D eigenvalue weighted by atomic mass is 35.5. The fraction of sp³-hybridized carbons (Fsp3) is 0.250. The first-order valence-corrected chi connectivity index (χ1v) is 7.66. The molecule has 0 aliphatic heterocycles. The van der Waals surface area contributed by atoms with Gasteiger partial charge in [-0.05, 0) is 37.1 Å². The van der Waals surface area contributed by atoms with Crippen molar-refractivity contribution in [2.24, 2.45) is 5.73 Å². The second-order valence-corrected chi connectivity index (χ2v) is 6.18. The maximum Gasteiger partial charge on any atom is 0.0545 e. The van der Waals surface area contributed by atoms with E-state index in [1.54, 1.807) is 11.8 Å². The van der Waals surface area contributed by atoms with Gasteiger partial charge in [0, 0.05) is 16.7 Å². The zero-order valence-corrected chi connectivity index (χ0v) is 12.8. The molecule has 1 nitrogen and oxygen atoms in total. The first kappa shape index (κ1) is 14.4. The van der Waals surface area contributed by atoms with Gasteiger partial charge in [-0.3, -0.25) is 0 Å². The third kappa shape index (κ3) is 4.00. The summed E-state index contributed by atoms with van der Waals surface area (Å²) in [5, 5.41) is 0.785. The molecule has 0 saturated carbocycles. The maximum atomic E-state index is 6.29. The summed E-state index contributed by atoms with van der Waals surface area (Å²) in [5.41, 5.74) is 9.53. The molecular formula is C16H18ClNS. The minimum atomic E-state index is 0.0216. The minimum absolute atomic E-state index is 0.0216. The van der Waals surface area contributed by atoms with Gasteiger partial charge in [-0.2, -0.15) is 0 Å². The molecule has 3 heteroatoms. The molecule has 0 aliphatic rings. The van der Waals surface area contributed by atoms with E-state index in [1.807, 2.05) is 13.0 Å². The molecule has 0 bridgehead atoms. The second kappa shape index (κ2) is 6.47. The van der Waals surface area contributed by atoms with E-state index in [2.05, 4.69) is 43.3 Å². The Balaban J connectivity index is 2.07. The Morgan fingerprint density at radius 2 is 2.00 bits per heavy atom. The monoisotopic (exact) mass is 291 g/mol. The second-order valence-electron chi connectivity index (χ2n) is 4.76. The van der Waals surface area contributed by atoms with Crippen LogP contribution in [0.15, 0.2) is 47.4 Å². The fourth-order valence-corrected chi connectivity index (χ4v) is 3.10. The van der Waals surface area contributed by atoms with Crippen LogP contribution < -0.4 is 5.73 Å². The molecule has 19 heavy (non-hydrogen) atoms. The van der Waals surface area contributed by atoms with Crippen molar-refractivity contribution in [3.8, 4) is 0 Å². The van der Waals surface area contributed by atoms with Gasteiger partial charge < -0.3 is 5.73 Å². The number of rotatable bonds is 4. The van der Waals surface area contributed by atoms with Gasteiger partial charge in [-0.1, -0.05) is 47.5 Å². The van der Waals surface area contributed by atoms with Crippen LogP contribution in [0.5, 0.6) is 0 Å². The Hall–Kier alpha value is -0.960. The maximum absolute atomic E-state index is 6.29. The molecule has 0 heterocycles. The average Bonchev–Trinajstić information content (AvgIpc) is 2.37. The summed E-state index contributed by atoms with van der Waals surface area (Å²) < 4.78 is 0. The van der Waals surface area contributed by atoms with E-state index < -0.39 is 0 Å². The number of benzene rings is 2. The molecule has 2 aromatic carbocycles. The summed E-state index contributed by atoms with van der Waals surface area (Å²) in [6.45, 7) is 4.07. The predicted molar refractivity (Wildman–Crippen MR) is 84.8 cm³/mol. The molecule has 0 aliphatic carbocycles. The van der Waals surface area contributed by atoms with Gasteiger partial charge in [-0.15, -0.1) is 11.8 Å². The highest BCUT2D eigenvalue weighted by molar-refractivity contribution is 7.98. The lowest BCUT2D eigenvalue weighted by atomic mass is 10.1. The van der Waals surface area contributed by atoms with Gasteiger partial charge in [0.25, 0.3) is 0 Å². The lowest BCUT2D eigenvalue weighted by Crippen LogP contribution is -2.04. The van der Waals surface area contributed by atoms with Gasteiger partial charge >= 0.3 is 0 Å². The zero-order chi connectivity index (χ0) is 13.8. The molecule has 0 saturated heterocycles. The van der Waals surface area contributed by atoms with E-state index in [-0.39, 0.29) is 6.04 Å². The third-order valence-corrected chi connectivity index (χ3v) is 4.53. The molecule has 0 aromatic heterocycles. The van der Waals surface area contributed by atoms with Crippen molar-refractivity contribution in [1.29, 1.82) is 0 Å². The van der Waals surface area contributed by atoms with Crippen molar-refractivity contribution in [2.75, 3.05) is 0 Å². The Bertz CT molecular complexity index is 566. The molecule has 0 spiro atoms. The van der Waals surface area contributed by atoms with Crippen molar-refractivity contribution in [3.05, 3.63) is 64.2 Å². The molecule has 0 unspecified atom stereocenters. The van der Waals surface area contributed by atoms with E-state index in [0.717, 1.165) is 21.2 Å². The fourth-order valence-electron chi connectivity index (χ4n) is 1.88. The van der Waals surface area contributed by atoms with Crippen LogP contribution in [0.2, 0.25) is 5.02 Å². The number of thioether (sulfide) groups is 1. The van der Waals surface area contributed by atoms with Crippen LogP contribution in [-0.4, -0.2) is 0 Å². The summed E-state index contributed by atoms with van der Waals surface area (Å²) in [5.74, 6) is 0.929. The summed E-state index contributed by atoms with van der Waals surface area (Å²) >= 11 is 8.05. The highest BCUT2D eigenvalue weighted by Gasteiger charge is 2.06. The third-order valence-electron chi connectivity index (χ3n) is 2.96. The van der Waals surface area contributed by atoms with E-state index >= 15 is 0 Å². The SMILES string of the molecule is Cc1cccc(CSc2ccc([C@H](C)N)cc2Cl)c1. The van der Waals surface area contributed by atoms with Crippen molar-refractivity contribution in [2.45, 2.75) is 30.5 Å². The summed E-state index contributed by atoms with van der Waals surface area (Å²) in [7, 11) is 0. The highest BCUT2D eigenvalue weighted by Crippen LogP contribution is 2.31. The predicted octanol–water partition coefficient (Wildman–Crippen LogP) is 4.96. The molecule has 2 aromatic rings. The first-order chi connectivity index (χ1) is 9.06. The molecule has 0 fully saturated rings. The molecule has 0 amide bonds. The minimum Gasteiger partial charge on any atom is -0.324 e. The average molecular weight is 292 g/mol. The van der Waals surface area contributed by atoms with Crippen molar-refractivity contribution in [1.82, 2.24) is 0 Å². The van der Waals surface area contributed by atoms with E-state index in [4.69, 9.17) is 17.3 Å². The zero-order valence-electron chi connectivity index (χ0n) is 11.2. The molecule has 0 radical (unpaired) electrons. The lowest BCUT2D eigenvalue weighted by molar-refractivity contribution is 0.817. The van der Waals surface area contributed by atoms with Crippen LogP contribution in [0.25, 0.3) is 0 Å². The Labute approximate surface area is 124 Å². The number of nitrogens with two attached hydrogens (primary N) is 1. The van der Waals surface area contributed by atoms with Gasteiger partial charge in [0.2, 0.25) is 0 Å². The molecule has 2 rings (SSSR count). The van der Waals surface area contributed by atoms with Crippen LogP contribution in [0, 0.1) is 6.92 Å². The summed E-state index contributed by atoms with van der Waals surface area (Å²) in [4.78, 5) is 1.10. The van der Waals surface area contributed by atoms with Crippen molar-refractivity contribution < 1.29 is 0 Å².